The number of primary amides is 1. The van der Waals surface area contributed by atoms with Crippen molar-refractivity contribution >= 4 is 23.4 Å². The van der Waals surface area contributed by atoms with Crippen molar-refractivity contribution in [1.29, 1.82) is 0 Å². The third-order valence-electron chi connectivity index (χ3n) is 2.14. The van der Waals surface area contributed by atoms with Crippen LogP contribution in [-0.4, -0.2) is 23.4 Å². The van der Waals surface area contributed by atoms with Gasteiger partial charge in [-0.15, -0.1) is 11.8 Å². The van der Waals surface area contributed by atoms with Gasteiger partial charge in [0.2, 0.25) is 0 Å². The summed E-state index contributed by atoms with van der Waals surface area (Å²) in [6.07, 6.45) is 0. The molecule has 1 unspecified atom stereocenters. The summed E-state index contributed by atoms with van der Waals surface area (Å²) in [7, 11) is 0. The van der Waals surface area contributed by atoms with Gasteiger partial charge in [-0.2, -0.15) is 0 Å². The minimum absolute atomic E-state index is 0.157. The molecule has 1 aromatic carbocycles. The quantitative estimate of drug-likeness (QED) is 0.531. The monoisotopic (exact) mass is 240 g/mol. The first-order chi connectivity index (χ1) is 7.54. The minimum atomic E-state index is -0.518. The zero-order valence-corrected chi connectivity index (χ0v) is 9.96. The van der Waals surface area contributed by atoms with E-state index in [9.17, 15) is 4.79 Å². The van der Waals surface area contributed by atoms with Gasteiger partial charge in [-0.05, 0) is 24.1 Å². The molecule has 0 aromatic heterocycles. The van der Waals surface area contributed by atoms with Crippen LogP contribution in [0.1, 0.15) is 17.3 Å². The number of thioether (sulfide) groups is 1. The van der Waals surface area contributed by atoms with E-state index in [0.29, 0.717) is 11.3 Å². The number of nitrogen functional groups attached to an aromatic ring is 1. The maximum Gasteiger partial charge on any atom is 0.250 e. The third-order valence-corrected chi connectivity index (χ3v) is 3.46. The highest BCUT2D eigenvalue weighted by atomic mass is 32.2. The number of hydrogen-bond acceptors (Lipinski definition) is 4. The van der Waals surface area contributed by atoms with Crippen LogP contribution >= 0.6 is 11.8 Å². The lowest BCUT2D eigenvalue weighted by Gasteiger charge is -2.08. The number of aliphatic hydroxyl groups excluding tert-OH is 1. The molecule has 0 spiro atoms. The molecule has 1 atom stereocenters. The number of carbonyl (C=O) groups excluding carboxylic acids is 1. The molecule has 16 heavy (non-hydrogen) atoms. The molecule has 1 amide bonds. The highest BCUT2D eigenvalue weighted by molar-refractivity contribution is 7.99. The molecule has 0 heterocycles. The molecule has 5 heteroatoms. The normalized spacial score (nSPS) is 12.4. The minimum Gasteiger partial charge on any atom is -0.398 e. The van der Waals surface area contributed by atoms with Gasteiger partial charge in [-0.1, -0.05) is 6.92 Å². The van der Waals surface area contributed by atoms with Crippen LogP contribution in [-0.2, 0) is 0 Å². The fourth-order valence-electron chi connectivity index (χ4n) is 1.13. The van der Waals surface area contributed by atoms with Crippen molar-refractivity contribution in [2.24, 2.45) is 11.7 Å². The summed E-state index contributed by atoms with van der Waals surface area (Å²) in [5.41, 5.74) is 11.6. The van der Waals surface area contributed by atoms with Crippen molar-refractivity contribution in [1.82, 2.24) is 0 Å². The standard InChI is InChI=1S/C11H16N2O2S/c1-7(5-14)6-16-8-2-3-10(12)9(4-8)11(13)15/h2-4,7,14H,5-6,12H2,1H3,(H2,13,15). The van der Waals surface area contributed by atoms with E-state index in [0.717, 1.165) is 10.6 Å². The largest absolute Gasteiger partial charge is 0.398 e. The number of anilines is 1. The molecule has 0 saturated carbocycles. The molecule has 0 aliphatic carbocycles. The molecule has 88 valence electrons. The summed E-state index contributed by atoms with van der Waals surface area (Å²) in [6, 6.07) is 5.20. The predicted molar refractivity (Wildman–Crippen MR) is 66.3 cm³/mol. The summed E-state index contributed by atoms with van der Waals surface area (Å²) < 4.78 is 0. The van der Waals surface area contributed by atoms with Crippen LogP contribution in [0.15, 0.2) is 23.1 Å². The van der Waals surface area contributed by atoms with Crippen molar-refractivity contribution < 1.29 is 9.90 Å². The lowest BCUT2D eigenvalue weighted by Crippen LogP contribution is -2.13. The van der Waals surface area contributed by atoms with Crippen molar-refractivity contribution in [2.75, 3.05) is 18.1 Å². The molecule has 4 nitrogen and oxygen atoms in total. The zero-order chi connectivity index (χ0) is 12.1. The van der Waals surface area contributed by atoms with Crippen LogP contribution < -0.4 is 11.5 Å². The Morgan fingerprint density at radius 1 is 1.56 bits per heavy atom. The molecule has 1 aromatic rings. The molecule has 0 aliphatic heterocycles. The second-order valence-electron chi connectivity index (χ2n) is 3.71. The maximum atomic E-state index is 11.1. The Balaban J connectivity index is 2.75. The molecule has 0 fully saturated rings. The molecular formula is C11H16N2O2S. The van der Waals surface area contributed by atoms with Crippen LogP contribution in [0.4, 0.5) is 5.69 Å². The second-order valence-corrected chi connectivity index (χ2v) is 4.81. The second kappa shape index (κ2) is 5.77. The summed E-state index contributed by atoms with van der Waals surface area (Å²) in [5.74, 6) is 0.494. The zero-order valence-electron chi connectivity index (χ0n) is 9.14. The first-order valence-electron chi connectivity index (χ1n) is 4.97. The molecular weight excluding hydrogens is 224 g/mol. The summed E-state index contributed by atoms with van der Waals surface area (Å²) in [6.45, 7) is 2.12. The Morgan fingerprint density at radius 3 is 2.81 bits per heavy atom. The topological polar surface area (TPSA) is 89.3 Å². The lowest BCUT2D eigenvalue weighted by molar-refractivity contribution is 0.100. The van der Waals surface area contributed by atoms with Gasteiger partial charge in [0.15, 0.2) is 0 Å². The number of carbonyl (C=O) groups is 1. The van der Waals surface area contributed by atoms with E-state index in [2.05, 4.69) is 0 Å². The Hall–Kier alpha value is -1.20. The summed E-state index contributed by atoms with van der Waals surface area (Å²) >= 11 is 1.57. The van der Waals surface area contributed by atoms with Gasteiger partial charge in [0.05, 0.1) is 5.56 Å². The number of hydrogen-bond donors (Lipinski definition) is 3. The number of nitrogens with two attached hydrogens (primary N) is 2. The Bertz CT molecular complexity index is 382. The van der Waals surface area contributed by atoms with Gasteiger partial charge < -0.3 is 16.6 Å². The molecule has 0 bridgehead atoms. The highest BCUT2D eigenvalue weighted by Crippen LogP contribution is 2.24. The van der Waals surface area contributed by atoms with E-state index in [4.69, 9.17) is 16.6 Å². The van der Waals surface area contributed by atoms with Crippen LogP contribution in [0.25, 0.3) is 0 Å². The smallest absolute Gasteiger partial charge is 0.250 e. The maximum absolute atomic E-state index is 11.1. The molecule has 1 rings (SSSR count). The van der Waals surface area contributed by atoms with Crippen LogP contribution in [0, 0.1) is 5.92 Å². The number of rotatable bonds is 5. The van der Waals surface area contributed by atoms with Crippen molar-refractivity contribution in [2.45, 2.75) is 11.8 Å². The molecule has 0 saturated heterocycles. The van der Waals surface area contributed by atoms with E-state index in [-0.39, 0.29) is 12.5 Å². The van der Waals surface area contributed by atoms with Crippen LogP contribution in [0.5, 0.6) is 0 Å². The number of aliphatic hydroxyl groups is 1. The van der Waals surface area contributed by atoms with Gasteiger partial charge in [-0.3, -0.25) is 4.79 Å². The average Bonchev–Trinajstić information content (AvgIpc) is 2.27. The average molecular weight is 240 g/mol. The Labute approximate surface area is 99.0 Å². The van der Waals surface area contributed by atoms with Crippen molar-refractivity contribution in [3.05, 3.63) is 23.8 Å². The summed E-state index contributed by atoms with van der Waals surface area (Å²) in [5, 5.41) is 8.89. The first-order valence-corrected chi connectivity index (χ1v) is 5.96. The highest BCUT2D eigenvalue weighted by Gasteiger charge is 2.08. The molecule has 0 radical (unpaired) electrons. The molecule has 5 N–H and O–H groups in total. The summed E-state index contributed by atoms with van der Waals surface area (Å²) in [4.78, 5) is 12.0. The fourth-order valence-corrected chi connectivity index (χ4v) is 2.08. The van der Waals surface area contributed by atoms with Gasteiger partial charge in [0.1, 0.15) is 0 Å². The van der Waals surface area contributed by atoms with E-state index < -0.39 is 5.91 Å². The van der Waals surface area contributed by atoms with Gasteiger partial charge in [-0.25, -0.2) is 0 Å². The van der Waals surface area contributed by atoms with Gasteiger partial charge >= 0.3 is 0 Å². The number of amides is 1. The Kier molecular flexibility index (Phi) is 4.64. The van der Waals surface area contributed by atoms with Crippen molar-refractivity contribution in [3.63, 3.8) is 0 Å². The first kappa shape index (κ1) is 12.9. The van der Waals surface area contributed by atoms with Crippen LogP contribution in [0.2, 0.25) is 0 Å². The Morgan fingerprint density at radius 2 is 2.25 bits per heavy atom. The fraction of sp³-hybridized carbons (Fsp3) is 0.364. The SMILES string of the molecule is CC(CO)CSc1ccc(N)c(C(N)=O)c1. The van der Waals surface area contributed by atoms with Crippen LogP contribution in [0.3, 0.4) is 0 Å². The predicted octanol–water partition coefficient (Wildman–Crippen LogP) is 1.09. The van der Waals surface area contributed by atoms with E-state index in [1.54, 1.807) is 23.9 Å². The van der Waals surface area contributed by atoms with Crippen molar-refractivity contribution in [3.8, 4) is 0 Å². The molecule has 0 aliphatic rings. The third kappa shape index (κ3) is 3.43. The van der Waals surface area contributed by atoms with E-state index in [1.165, 1.54) is 0 Å². The lowest BCUT2D eigenvalue weighted by atomic mass is 10.2. The van der Waals surface area contributed by atoms with Gasteiger partial charge in [0.25, 0.3) is 5.91 Å². The van der Waals surface area contributed by atoms with Gasteiger partial charge in [0, 0.05) is 22.9 Å². The van der Waals surface area contributed by atoms with E-state index >= 15 is 0 Å². The number of benzene rings is 1. The van der Waals surface area contributed by atoms with E-state index in [1.807, 2.05) is 13.0 Å².